The highest BCUT2D eigenvalue weighted by Crippen LogP contribution is 2.25. The average Bonchev–Trinajstić information content (AvgIpc) is 2.39. The van der Waals surface area contributed by atoms with E-state index < -0.39 is 0 Å². The van der Waals surface area contributed by atoms with Gasteiger partial charge in [-0.2, -0.15) is 5.10 Å². The normalized spacial score (nSPS) is 19.5. The monoisotopic (exact) mass is 262 g/mol. The molecule has 1 saturated heterocycles. The number of rotatable bonds is 2. The molecule has 1 aliphatic heterocycles. The molecule has 0 unspecified atom stereocenters. The second-order valence-electron chi connectivity index (χ2n) is 6.82. The van der Waals surface area contributed by atoms with Gasteiger partial charge in [0, 0.05) is 24.0 Å². The molecular formula is C15H26N4. The topological polar surface area (TPSA) is 41.0 Å². The molecular weight excluding hydrogens is 236 g/mol. The Hall–Kier alpha value is -1.16. The van der Waals surface area contributed by atoms with Gasteiger partial charge in [-0.1, -0.05) is 20.8 Å². The van der Waals surface area contributed by atoms with Crippen LogP contribution >= 0.6 is 0 Å². The summed E-state index contributed by atoms with van der Waals surface area (Å²) < 4.78 is 0. The highest BCUT2D eigenvalue weighted by atomic mass is 15.3. The zero-order valence-electron chi connectivity index (χ0n) is 12.8. The Kier molecular flexibility index (Phi) is 3.81. The lowest BCUT2D eigenvalue weighted by Gasteiger charge is -2.39. The highest BCUT2D eigenvalue weighted by molar-refractivity contribution is 5.39. The maximum Gasteiger partial charge on any atom is 0.151 e. The summed E-state index contributed by atoms with van der Waals surface area (Å²) >= 11 is 0. The zero-order valence-corrected chi connectivity index (χ0v) is 12.8. The first kappa shape index (κ1) is 14.3. The second-order valence-corrected chi connectivity index (χ2v) is 6.82. The second kappa shape index (κ2) is 5.08. The Labute approximate surface area is 116 Å². The standard InChI is InChI=1S/C15H26N4/c1-14(2,3)12-6-7-13(18-17-12)19-10-8-15(4,16-5)9-11-19/h6-7,16H,8-11H2,1-5H3. The Bertz CT molecular complexity index is 411. The molecule has 0 radical (unpaired) electrons. The minimum atomic E-state index is 0.0676. The van der Waals surface area contributed by atoms with Crippen molar-refractivity contribution in [2.45, 2.75) is 51.5 Å². The molecule has 1 N–H and O–H groups in total. The van der Waals surface area contributed by atoms with Crippen molar-refractivity contribution in [3.63, 3.8) is 0 Å². The molecule has 1 aromatic heterocycles. The number of aromatic nitrogens is 2. The third-order valence-electron chi connectivity index (χ3n) is 4.21. The van der Waals surface area contributed by atoms with E-state index in [0.717, 1.165) is 37.4 Å². The summed E-state index contributed by atoms with van der Waals surface area (Å²) in [5.41, 5.74) is 1.39. The lowest BCUT2D eigenvalue weighted by atomic mass is 9.90. The molecule has 1 fully saturated rings. The average molecular weight is 262 g/mol. The Balaban J connectivity index is 2.04. The highest BCUT2D eigenvalue weighted by Gasteiger charge is 2.29. The van der Waals surface area contributed by atoms with Gasteiger partial charge in [0.25, 0.3) is 0 Å². The zero-order chi connectivity index (χ0) is 14.1. The molecule has 1 aromatic rings. The fourth-order valence-corrected chi connectivity index (χ4v) is 2.37. The van der Waals surface area contributed by atoms with Gasteiger partial charge in [0.05, 0.1) is 5.69 Å². The fraction of sp³-hybridized carbons (Fsp3) is 0.733. The van der Waals surface area contributed by atoms with Crippen LogP contribution in [0.2, 0.25) is 0 Å². The van der Waals surface area contributed by atoms with Gasteiger partial charge in [-0.25, -0.2) is 0 Å². The summed E-state index contributed by atoms with van der Waals surface area (Å²) in [6.07, 6.45) is 2.29. The van der Waals surface area contributed by atoms with Crippen LogP contribution in [0.3, 0.4) is 0 Å². The summed E-state index contributed by atoms with van der Waals surface area (Å²) in [6.45, 7) is 10.9. The third kappa shape index (κ3) is 3.24. The first-order chi connectivity index (χ1) is 8.84. The molecule has 19 heavy (non-hydrogen) atoms. The largest absolute Gasteiger partial charge is 0.355 e. The predicted octanol–water partition coefficient (Wildman–Crippen LogP) is 2.35. The number of hydrogen-bond acceptors (Lipinski definition) is 4. The van der Waals surface area contributed by atoms with Crippen LogP contribution in [0.1, 0.15) is 46.2 Å². The molecule has 0 aromatic carbocycles. The van der Waals surface area contributed by atoms with Crippen molar-refractivity contribution in [3.05, 3.63) is 17.8 Å². The summed E-state index contributed by atoms with van der Waals surface area (Å²) in [5, 5.41) is 12.2. The summed E-state index contributed by atoms with van der Waals surface area (Å²) in [4.78, 5) is 2.33. The molecule has 106 valence electrons. The van der Waals surface area contributed by atoms with Crippen LogP contribution in [0.25, 0.3) is 0 Å². The first-order valence-electron chi connectivity index (χ1n) is 7.12. The first-order valence-corrected chi connectivity index (χ1v) is 7.12. The summed E-state index contributed by atoms with van der Waals surface area (Å²) in [5.74, 6) is 1.01. The third-order valence-corrected chi connectivity index (χ3v) is 4.21. The molecule has 0 amide bonds. The van der Waals surface area contributed by atoms with Crippen molar-refractivity contribution in [1.29, 1.82) is 0 Å². The van der Waals surface area contributed by atoms with Crippen LogP contribution in [0.4, 0.5) is 5.82 Å². The molecule has 4 nitrogen and oxygen atoms in total. The molecule has 0 saturated carbocycles. The Morgan fingerprint density at radius 1 is 1.16 bits per heavy atom. The van der Waals surface area contributed by atoms with Crippen molar-refractivity contribution in [2.24, 2.45) is 0 Å². The molecule has 0 spiro atoms. The molecule has 0 bridgehead atoms. The van der Waals surface area contributed by atoms with Gasteiger partial charge in [-0.05, 0) is 38.9 Å². The maximum atomic E-state index is 4.40. The van der Waals surface area contributed by atoms with E-state index in [1.165, 1.54) is 0 Å². The molecule has 0 aliphatic carbocycles. The molecule has 2 rings (SSSR count). The van der Waals surface area contributed by atoms with Gasteiger partial charge in [0.1, 0.15) is 0 Å². The van der Waals surface area contributed by atoms with E-state index in [0.29, 0.717) is 0 Å². The van der Waals surface area contributed by atoms with Gasteiger partial charge < -0.3 is 10.2 Å². The number of nitrogens with zero attached hydrogens (tertiary/aromatic N) is 3. The predicted molar refractivity (Wildman–Crippen MR) is 79.6 cm³/mol. The maximum absolute atomic E-state index is 4.40. The molecule has 4 heteroatoms. The van der Waals surface area contributed by atoms with Crippen molar-refractivity contribution >= 4 is 5.82 Å². The van der Waals surface area contributed by atoms with Gasteiger partial charge in [0.2, 0.25) is 0 Å². The van der Waals surface area contributed by atoms with Crippen molar-refractivity contribution < 1.29 is 0 Å². The van der Waals surface area contributed by atoms with Crippen LogP contribution < -0.4 is 10.2 Å². The van der Waals surface area contributed by atoms with Gasteiger partial charge in [-0.15, -0.1) is 5.10 Å². The van der Waals surface area contributed by atoms with E-state index in [9.17, 15) is 0 Å². The van der Waals surface area contributed by atoms with Crippen LogP contribution in [-0.2, 0) is 5.41 Å². The quantitative estimate of drug-likeness (QED) is 0.888. The van der Waals surface area contributed by atoms with Gasteiger partial charge in [-0.3, -0.25) is 0 Å². The van der Waals surface area contributed by atoms with Crippen molar-refractivity contribution in [3.8, 4) is 0 Å². The van der Waals surface area contributed by atoms with Gasteiger partial charge in [0.15, 0.2) is 5.82 Å². The smallest absolute Gasteiger partial charge is 0.151 e. The Morgan fingerprint density at radius 3 is 2.21 bits per heavy atom. The summed E-state index contributed by atoms with van der Waals surface area (Å²) in [6, 6.07) is 4.21. The molecule has 2 heterocycles. The van der Waals surface area contributed by atoms with Crippen molar-refractivity contribution in [1.82, 2.24) is 15.5 Å². The van der Waals surface area contributed by atoms with E-state index in [2.05, 4.69) is 60.2 Å². The van der Waals surface area contributed by atoms with E-state index in [4.69, 9.17) is 0 Å². The lowest BCUT2D eigenvalue weighted by Crippen LogP contribution is -2.50. The van der Waals surface area contributed by atoms with Crippen LogP contribution in [-0.4, -0.2) is 35.9 Å². The van der Waals surface area contributed by atoms with E-state index >= 15 is 0 Å². The Morgan fingerprint density at radius 2 is 1.79 bits per heavy atom. The SMILES string of the molecule is CNC1(C)CCN(c2ccc(C(C)(C)C)nn2)CC1. The molecule has 1 aliphatic rings. The minimum Gasteiger partial charge on any atom is -0.355 e. The lowest BCUT2D eigenvalue weighted by molar-refractivity contribution is 0.304. The van der Waals surface area contributed by atoms with E-state index in [1.807, 2.05) is 7.05 Å². The molecule has 0 atom stereocenters. The van der Waals surface area contributed by atoms with Gasteiger partial charge >= 0.3 is 0 Å². The number of hydrogen-bond donors (Lipinski definition) is 1. The number of anilines is 1. The number of piperidine rings is 1. The van der Waals surface area contributed by atoms with Crippen LogP contribution in [0.15, 0.2) is 12.1 Å². The minimum absolute atomic E-state index is 0.0676. The summed E-state index contributed by atoms with van der Waals surface area (Å²) in [7, 11) is 2.05. The fourth-order valence-electron chi connectivity index (χ4n) is 2.37. The van der Waals surface area contributed by atoms with Crippen LogP contribution in [0.5, 0.6) is 0 Å². The van der Waals surface area contributed by atoms with Crippen molar-refractivity contribution in [2.75, 3.05) is 25.0 Å². The van der Waals surface area contributed by atoms with E-state index in [1.54, 1.807) is 0 Å². The van der Waals surface area contributed by atoms with E-state index in [-0.39, 0.29) is 11.0 Å². The number of nitrogens with one attached hydrogen (secondary N) is 1. The van der Waals surface area contributed by atoms with Crippen LogP contribution in [0, 0.1) is 0 Å².